The zero-order valence-corrected chi connectivity index (χ0v) is 13.2. The smallest absolute Gasteiger partial charge is 0.311 e. The lowest BCUT2D eigenvalue weighted by Crippen LogP contribution is -2.21. The lowest BCUT2D eigenvalue weighted by molar-refractivity contribution is -0.152. The highest BCUT2D eigenvalue weighted by Gasteiger charge is 2.15. The van der Waals surface area contributed by atoms with E-state index >= 15 is 0 Å². The van der Waals surface area contributed by atoms with Crippen LogP contribution in [0.1, 0.15) is 46.1 Å². The third kappa shape index (κ3) is 5.98. The van der Waals surface area contributed by atoms with Crippen LogP contribution in [-0.4, -0.2) is 18.0 Å². The van der Waals surface area contributed by atoms with Gasteiger partial charge in [-0.25, -0.2) is 0 Å². The minimum absolute atomic E-state index is 0.0295. The number of ether oxygens (including phenoxy) is 2. The number of para-hydroxylation sites is 1. The van der Waals surface area contributed by atoms with E-state index in [1.807, 2.05) is 45.9 Å². The van der Waals surface area contributed by atoms with Crippen LogP contribution in [0.3, 0.4) is 0 Å². The molecule has 1 unspecified atom stereocenters. The SMILES string of the molecule is CCc1ccccc1OC(=O)CCC(=O)OC(C)C(C)C. The lowest BCUT2D eigenvalue weighted by Gasteiger charge is -2.16. The minimum atomic E-state index is -0.412. The van der Waals surface area contributed by atoms with Crippen molar-refractivity contribution >= 4 is 11.9 Å². The molecule has 0 N–H and O–H groups in total. The molecule has 0 spiro atoms. The molecule has 0 aliphatic carbocycles. The number of hydrogen-bond acceptors (Lipinski definition) is 4. The Morgan fingerprint density at radius 1 is 1.05 bits per heavy atom. The summed E-state index contributed by atoms with van der Waals surface area (Å²) in [5.74, 6) is 0.0493. The summed E-state index contributed by atoms with van der Waals surface area (Å²) in [4.78, 5) is 23.4. The molecular formula is C17H24O4. The van der Waals surface area contributed by atoms with Gasteiger partial charge in [-0.1, -0.05) is 39.0 Å². The summed E-state index contributed by atoms with van der Waals surface area (Å²) in [5.41, 5.74) is 0.974. The maximum absolute atomic E-state index is 11.8. The normalized spacial score (nSPS) is 12.0. The number of carbonyl (C=O) groups excluding carboxylic acids is 2. The Kier molecular flexibility index (Phi) is 6.92. The third-order valence-corrected chi connectivity index (χ3v) is 3.37. The van der Waals surface area contributed by atoms with Gasteiger partial charge in [0.15, 0.2) is 0 Å². The molecule has 1 aromatic carbocycles. The van der Waals surface area contributed by atoms with Crippen LogP contribution in [0.2, 0.25) is 0 Å². The van der Waals surface area contributed by atoms with Gasteiger partial charge in [-0.05, 0) is 30.9 Å². The van der Waals surface area contributed by atoms with Gasteiger partial charge in [0.2, 0.25) is 0 Å². The van der Waals surface area contributed by atoms with E-state index in [1.54, 1.807) is 6.07 Å². The highest BCUT2D eigenvalue weighted by atomic mass is 16.5. The molecular weight excluding hydrogens is 268 g/mol. The number of carbonyl (C=O) groups is 2. The maximum Gasteiger partial charge on any atom is 0.311 e. The van der Waals surface area contributed by atoms with E-state index in [0.717, 1.165) is 12.0 Å². The van der Waals surface area contributed by atoms with Crippen LogP contribution in [0.4, 0.5) is 0 Å². The Hall–Kier alpha value is -1.84. The van der Waals surface area contributed by atoms with Gasteiger partial charge < -0.3 is 9.47 Å². The van der Waals surface area contributed by atoms with Crippen LogP contribution < -0.4 is 4.74 Å². The summed E-state index contributed by atoms with van der Waals surface area (Å²) in [7, 11) is 0. The fourth-order valence-electron chi connectivity index (χ4n) is 1.68. The molecule has 0 heterocycles. The largest absolute Gasteiger partial charge is 0.462 e. The van der Waals surface area contributed by atoms with Crippen molar-refractivity contribution in [3.63, 3.8) is 0 Å². The molecule has 1 aromatic rings. The molecule has 0 aromatic heterocycles. The van der Waals surface area contributed by atoms with Gasteiger partial charge in [-0.15, -0.1) is 0 Å². The van der Waals surface area contributed by atoms with Crippen molar-refractivity contribution in [1.29, 1.82) is 0 Å². The summed E-state index contributed by atoms with van der Waals surface area (Å²) in [5, 5.41) is 0. The number of esters is 2. The van der Waals surface area contributed by atoms with Gasteiger partial charge >= 0.3 is 11.9 Å². The fourth-order valence-corrected chi connectivity index (χ4v) is 1.68. The first-order valence-corrected chi connectivity index (χ1v) is 7.42. The van der Waals surface area contributed by atoms with Crippen molar-refractivity contribution < 1.29 is 19.1 Å². The van der Waals surface area contributed by atoms with Gasteiger partial charge in [0, 0.05) is 0 Å². The number of hydrogen-bond donors (Lipinski definition) is 0. The summed E-state index contributed by atoms with van der Waals surface area (Å²) in [6, 6.07) is 7.40. The maximum atomic E-state index is 11.8. The monoisotopic (exact) mass is 292 g/mol. The highest BCUT2D eigenvalue weighted by molar-refractivity contribution is 5.79. The van der Waals surface area contributed by atoms with E-state index in [9.17, 15) is 9.59 Å². The van der Waals surface area contributed by atoms with Crippen molar-refractivity contribution in [2.75, 3.05) is 0 Å². The zero-order valence-electron chi connectivity index (χ0n) is 13.2. The van der Waals surface area contributed by atoms with E-state index in [0.29, 0.717) is 5.75 Å². The zero-order chi connectivity index (χ0) is 15.8. The predicted octanol–water partition coefficient (Wildman–Crippen LogP) is 3.52. The molecule has 0 bridgehead atoms. The summed E-state index contributed by atoms with van der Waals surface area (Å²) >= 11 is 0. The molecule has 116 valence electrons. The van der Waals surface area contributed by atoms with Crippen LogP contribution in [0, 0.1) is 5.92 Å². The third-order valence-electron chi connectivity index (χ3n) is 3.37. The van der Waals surface area contributed by atoms with E-state index < -0.39 is 5.97 Å². The molecule has 0 amide bonds. The molecule has 0 fully saturated rings. The molecule has 0 aliphatic rings. The van der Waals surface area contributed by atoms with Crippen molar-refractivity contribution in [1.82, 2.24) is 0 Å². The second-order valence-electron chi connectivity index (χ2n) is 5.37. The van der Waals surface area contributed by atoms with E-state index in [4.69, 9.17) is 9.47 Å². The van der Waals surface area contributed by atoms with E-state index in [-0.39, 0.29) is 30.8 Å². The Bertz CT molecular complexity index is 479. The molecule has 0 aliphatic heterocycles. The summed E-state index contributed by atoms with van der Waals surface area (Å²) in [6.45, 7) is 7.80. The van der Waals surface area contributed by atoms with E-state index in [2.05, 4.69) is 0 Å². The lowest BCUT2D eigenvalue weighted by atomic mass is 10.1. The van der Waals surface area contributed by atoms with Crippen LogP contribution in [0.25, 0.3) is 0 Å². The molecule has 0 radical (unpaired) electrons. The molecule has 4 nitrogen and oxygen atoms in total. The van der Waals surface area contributed by atoms with Crippen LogP contribution >= 0.6 is 0 Å². The van der Waals surface area contributed by atoms with Crippen molar-refractivity contribution in [2.24, 2.45) is 5.92 Å². The second-order valence-corrected chi connectivity index (χ2v) is 5.37. The Morgan fingerprint density at radius 2 is 1.67 bits per heavy atom. The predicted molar refractivity (Wildman–Crippen MR) is 81.1 cm³/mol. The van der Waals surface area contributed by atoms with Crippen LogP contribution in [0.15, 0.2) is 24.3 Å². The topological polar surface area (TPSA) is 52.6 Å². The molecule has 0 saturated heterocycles. The molecule has 1 rings (SSSR count). The van der Waals surface area contributed by atoms with Gasteiger partial charge in [-0.2, -0.15) is 0 Å². The summed E-state index contributed by atoms with van der Waals surface area (Å²) < 4.78 is 10.5. The van der Waals surface area contributed by atoms with Crippen molar-refractivity contribution in [2.45, 2.75) is 53.1 Å². The molecule has 1 atom stereocenters. The Balaban J connectivity index is 2.42. The quantitative estimate of drug-likeness (QED) is 0.570. The van der Waals surface area contributed by atoms with Gasteiger partial charge in [0.05, 0.1) is 12.8 Å². The van der Waals surface area contributed by atoms with Crippen LogP contribution in [-0.2, 0) is 20.7 Å². The molecule has 21 heavy (non-hydrogen) atoms. The van der Waals surface area contributed by atoms with Crippen LogP contribution in [0.5, 0.6) is 5.75 Å². The Labute approximate surface area is 126 Å². The van der Waals surface area contributed by atoms with Gasteiger partial charge in [-0.3, -0.25) is 9.59 Å². The Morgan fingerprint density at radius 3 is 2.29 bits per heavy atom. The number of benzene rings is 1. The molecule has 4 heteroatoms. The van der Waals surface area contributed by atoms with Gasteiger partial charge in [0.1, 0.15) is 11.9 Å². The first kappa shape index (κ1) is 17.2. The first-order chi connectivity index (χ1) is 9.93. The van der Waals surface area contributed by atoms with Crippen molar-refractivity contribution in [3.05, 3.63) is 29.8 Å². The average Bonchev–Trinajstić information content (AvgIpc) is 2.45. The number of aryl methyl sites for hydroxylation is 1. The standard InChI is InChI=1S/C17H24O4/c1-5-14-8-6-7-9-15(14)21-17(19)11-10-16(18)20-13(4)12(2)3/h6-9,12-13H,5,10-11H2,1-4H3. The molecule has 0 saturated carbocycles. The number of rotatable bonds is 7. The fraction of sp³-hybridized carbons (Fsp3) is 0.529. The van der Waals surface area contributed by atoms with Gasteiger partial charge in [0.25, 0.3) is 0 Å². The van der Waals surface area contributed by atoms with E-state index in [1.165, 1.54) is 0 Å². The first-order valence-electron chi connectivity index (χ1n) is 7.42. The second kappa shape index (κ2) is 8.45. The average molecular weight is 292 g/mol. The van der Waals surface area contributed by atoms with Crippen molar-refractivity contribution in [3.8, 4) is 5.75 Å². The summed E-state index contributed by atoms with van der Waals surface area (Å²) in [6.07, 6.45) is 0.720. The minimum Gasteiger partial charge on any atom is -0.462 e. The highest BCUT2D eigenvalue weighted by Crippen LogP contribution is 2.19.